The number of nitrogen functional groups attached to an aromatic ring is 1. The predicted molar refractivity (Wildman–Crippen MR) is 135 cm³/mol. The number of alkyl halides is 3. The molecule has 0 unspecified atom stereocenters. The van der Waals surface area contributed by atoms with Crippen molar-refractivity contribution in [3.05, 3.63) is 83.9 Å². The summed E-state index contributed by atoms with van der Waals surface area (Å²) in [6, 6.07) is 14.4. The molecule has 12 heteroatoms. The van der Waals surface area contributed by atoms with Gasteiger partial charge in [0, 0.05) is 24.5 Å². The number of nitrogens with one attached hydrogen (secondary N) is 3. The maximum Gasteiger partial charge on any atom is 0.417 e. The molecule has 0 aliphatic rings. The van der Waals surface area contributed by atoms with Crippen LogP contribution in [0.5, 0.6) is 0 Å². The van der Waals surface area contributed by atoms with Gasteiger partial charge in [-0.25, -0.2) is 19.3 Å². The van der Waals surface area contributed by atoms with Crippen LogP contribution in [0.1, 0.15) is 11.1 Å². The van der Waals surface area contributed by atoms with Crippen molar-refractivity contribution in [3.8, 4) is 22.5 Å². The van der Waals surface area contributed by atoms with Crippen LogP contribution in [0.3, 0.4) is 0 Å². The molecule has 0 bridgehead atoms. The van der Waals surface area contributed by atoms with E-state index in [4.69, 9.17) is 5.73 Å². The van der Waals surface area contributed by atoms with Gasteiger partial charge >= 0.3 is 6.18 Å². The van der Waals surface area contributed by atoms with E-state index < -0.39 is 17.6 Å². The molecule has 190 valence electrons. The number of H-pyrrole nitrogens is 2. The van der Waals surface area contributed by atoms with Crippen LogP contribution < -0.4 is 11.1 Å². The third-order valence-corrected chi connectivity index (χ3v) is 6.10. The highest BCUT2D eigenvalue weighted by Crippen LogP contribution is 2.35. The Balaban J connectivity index is 1.28. The highest BCUT2D eigenvalue weighted by molar-refractivity contribution is 5.89. The number of anilines is 2. The maximum atomic E-state index is 13.6. The largest absolute Gasteiger partial charge is 0.417 e. The first-order valence-electron chi connectivity index (χ1n) is 11.4. The molecular weight excluding hydrogens is 500 g/mol. The lowest BCUT2D eigenvalue weighted by Crippen LogP contribution is -2.09. The first-order valence-corrected chi connectivity index (χ1v) is 11.4. The minimum Gasteiger partial charge on any atom is -0.384 e. The Hall–Kier alpha value is -5.00. The molecule has 0 spiro atoms. The average Bonchev–Trinajstić information content (AvgIpc) is 3.50. The zero-order chi connectivity index (χ0) is 26.4. The van der Waals surface area contributed by atoms with Crippen molar-refractivity contribution in [2.45, 2.75) is 12.7 Å². The van der Waals surface area contributed by atoms with Gasteiger partial charge in [0.2, 0.25) is 0 Å². The summed E-state index contributed by atoms with van der Waals surface area (Å²) in [5, 5.41) is 10.5. The molecule has 38 heavy (non-hydrogen) atoms. The van der Waals surface area contributed by atoms with Crippen molar-refractivity contribution in [3.63, 3.8) is 0 Å². The molecule has 2 aromatic carbocycles. The zero-order valence-corrected chi connectivity index (χ0v) is 19.4. The van der Waals surface area contributed by atoms with Crippen molar-refractivity contribution < 1.29 is 17.6 Å². The van der Waals surface area contributed by atoms with E-state index in [1.165, 1.54) is 18.2 Å². The summed E-state index contributed by atoms with van der Waals surface area (Å²) in [7, 11) is 0. The number of rotatable bonds is 5. The highest BCUT2D eigenvalue weighted by Gasteiger charge is 2.32. The molecule has 6 aromatic rings. The Morgan fingerprint density at radius 3 is 2.53 bits per heavy atom. The summed E-state index contributed by atoms with van der Waals surface area (Å²) >= 11 is 0. The number of nitrogens with zero attached hydrogens (tertiary/aromatic N) is 4. The standard InChI is InChI=1S/C26H18F4N8/c27-17-5-6-20-21(9-17)36-25(35-20)19-8-16(26(28,29)30)12-34-23(19)32-10-13-1-3-14(4-2-13)15-7-18-22(31)37-38-24(18)33-11-15/h1-9,11-12H,10H2,(H,32,34)(H,35,36)(H3,31,33,37,38). The van der Waals surface area contributed by atoms with Crippen LogP contribution in [0.4, 0.5) is 29.2 Å². The quantitative estimate of drug-likeness (QED) is 0.210. The first kappa shape index (κ1) is 23.4. The molecule has 0 aliphatic heterocycles. The van der Waals surface area contributed by atoms with Crippen LogP contribution in [0.15, 0.2) is 67.0 Å². The van der Waals surface area contributed by atoms with E-state index >= 15 is 0 Å². The molecule has 0 radical (unpaired) electrons. The van der Waals surface area contributed by atoms with Gasteiger partial charge < -0.3 is 16.0 Å². The van der Waals surface area contributed by atoms with Gasteiger partial charge in [0.15, 0.2) is 5.65 Å². The van der Waals surface area contributed by atoms with Crippen LogP contribution in [-0.4, -0.2) is 30.1 Å². The third-order valence-electron chi connectivity index (χ3n) is 6.10. The number of aromatic amines is 2. The topological polar surface area (TPSA) is 121 Å². The summed E-state index contributed by atoms with van der Waals surface area (Å²) in [6.45, 7) is 0.284. The van der Waals surface area contributed by atoms with E-state index in [0.29, 0.717) is 22.5 Å². The molecule has 0 atom stereocenters. The second kappa shape index (κ2) is 8.83. The molecule has 0 saturated heterocycles. The fraction of sp³-hybridized carbons (Fsp3) is 0.0769. The number of halogens is 4. The summed E-state index contributed by atoms with van der Waals surface area (Å²) in [6.07, 6.45) is -2.12. The second-order valence-electron chi connectivity index (χ2n) is 8.65. The number of hydrogen-bond donors (Lipinski definition) is 4. The summed E-state index contributed by atoms with van der Waals surface area (Å²) < 4.78 is 53.9. The molecular formula is C26H18F4N8. The number of hydrogen-bond acceptors (Lipinski definition) is 6. The van der Waals surface area contributed by atoms with Crippen LogP contribution in [0.2, 0.25) is 0 Å². The van der Waals surface area contributed by atoms with E-state index in [0.717, 1.165) is 34.3 Å². The lowest BCUT2D eigenvalue weighted by Gasteiger charge is -2.13. The van der Waals surface area contributed by atoms with Crippen molar-refractivity contribution in [2.75, 3.05) is 11.1 Å². The van der Waals surface area contributed by atoms with Crippen molar-refractivity contribution in [1.29, 1.82) is 0 Å². The van der Waals surface area contributed by atoms with Crippen LogP contribution >= 0.6 is 0 Å². The fourth-order valence-electron chi connectivity index (χ4n) is 4.13. The van der Waals surface area contributed by atoms with E-state index in [1.807, 2.05) is 30.3 Å². The van der Waals surface area contributed by atoms with E-state index in [1.54, 1.807) is 6.20 Å². The first-order chi connectivity index (χ1) is 18.2. The summed E-state index contributed by atoms with van der Waals surface area (Å²) in [5.74, 6) is 0.292. The smallest absolute Gasteiger partial charge is 0.384 e. The zero-order valence-electron chi connectivity index (χ0n) is 19.4. The second-order valence-corrected chi connectivity index (χ2v) is 8.65. The molecule has 6 rings (SSSR count). The van der Waals surface area contributed by atoms with Gasteiger partial charge in [-0.15, -0.1) is 0 Å². The Bertz CT molecular complexity index is 1790. The van der Waals surface area contributed by atoms with Crippen molar-refractivity contribution in [1.82, 2.24) is 30.1 Å². The molecule has 0 aliphatic carbocycles. The van der Waals surface area contributed by atoms with Crippen LogP contribution in [-0.2, 0) is 12.7 Å². The summed E-state index contributed by atoms with van der Waals surface area (Å²) in [4.78, 5) is 15.6. The monoisotopic (exact) mass is 518 g/mol. The van der Waals surface area contributed by atoms with Gasteiger partial charge in [-0.05, 0) is 41.5 Å². The molecule has 5 N–H and O–H groups in total. The fourth-order valence-corrected chi connectivity index (χ4v) is 4.13. The van der Waals surface area contributed by atoms with Crippen molar-refractivity contribution >= 4 is 33.7 Å². The van der Waals surface area contributed by atoms with E-state index in [-0.39, 0.29) is 23.8 Å². The minimum atomic E-state index is -4.59. The number of aromatic nitrogens is 6. The van der Waals surface area contributed by atoms with Gasteiger partial charge in [0.1, 0.15) is 23.3 Å². The van der Waals surface area contributed by atoms with Crippen molar-refractivity contribution in [2.24, 2.45) is 0 Å². The van der Waals surface area contributed by atoms with E-state index in [2.05, 4.69) is 35.5 Å². The average molecular weight is 518 g/mol. The number of benzene rings is 2. The Kier molecular flexibility index (Phi) is 5.44. The van der Waals surface area contributed by atoms with Gasteiger partial charge in [0.25, 0.3) is 0 Å². The van der Waals surface area contributed by atoms with Crippen LogP contribution in [0, 0.1) is 5.82 Å². The number of pyridine rings is 2. The highest BCUT2D eigenvalue weighted by atomic mass is 19.4. The molecule has 0 amide bonds. The molecule has 8 nitrogen and oxygen atoms in total. The minimum absolute atomic E-state index is 0.116. The third kappa shape index (κ3) is 4.36. The molecule has 0 saturated carbocycles. The van der Waals surface area contributed by atoms with Gasteiger partial charge in [-0.3, -0.25) is 5.10 Å². The Labute approximate surface area is 212 Å². The Morgan fingerprint density at radius 2 is 1.74 bits per heavy atom. The number of fused-ring (bicyclic) bond motifs is 2. The van der Waals surface area contributed by atoms with E-state index in [9.17, 15) is 17.6 Å². The summed E-state index contributed by atoms with van der Waals surface area (Å²) in [5.41, 5.74) is 9.05. The van der Waals surface area contributed by atoms with Gasteiger partial charge in [-0.2, -0.15) is 18.3 Å². The number of imidazole rings is 1. The molecule has 4 heterocycles. The number of nitrogens with two attached hydrogens (primary N) is 1. The molecule has 0 fully saturated rings. The lowest BCUT2D eigenvalue weighted by atomic mass is 10.0. The normalized spacial score (nSPS) is 11.9. The van der Waals surface area contributed by atoms with Gasteiger partial charge in [0.05, 0.1) is 27.5 Å². The molecule has 4 aromatic heterocycles. The lowest BCUT2D eigenvalue weighted by molar-refractivity contribution is -0.137. The maximum absolute atomic E-state index is 13.6. The SMILES string of the molecule is Nc1[nH]nc2ncc(-c3ccc(CNc4ncc(C(F)(F)F)cc4-c4nc5ccc(F)cc5[nH]4)cc3)cc12. The Morgan fingerprint density at radius 1 is 0.921 bits per heavy atom. The van der Waals surface area contributed by atoms with Crippen LogP contribution in [0.25, 0.3) is 44.6 Å². The van der Waals surface area contributed by atoms with Gasteiger partial charge in [-0.1, -0.05) is 24.3 Å². The predicted octanol–water partition coefficient (Wildman–Crippen LogP) is 5.92.